The highest BCUT2D eigenvalue weighted by molar-refractivity contribution is 6.06. The fourth-order valence-electron chi connectivity index (χ4n) is 3.38. The SMILES string of the molecule is CCOC(=O)c1c(C)n(C)c2ccc(OCC(=O)NN=Cc3ccc(OC)cc3OC)cc12. The summed E-state index contributed by atoms with van der Waals surface area (Å²) in [5.74, 6) is 0.840. The molecule has 33 heavy (non-hydrogen) atoms. The molecule has 0 fully saturated rings. The molecule has 2 aromatic carbocycles. The Balaban J connectivity index is 1.67. The predicted molar refractivity (Wildman–Crippen MR) is 124 cm³/mol. The van der Waals surface area contributed by atoms with E-state index in [9.17, 15) is 9.59 Å². The maximum Gasteiger partial charge on any atom is 0.340 e. The first-order valence-electron chi connectivity index (χ1n) is 10.3. The number of hydrazone groups is 1. The second kappa shape index (κ2) is 10.5. The molecular formula is C24H27N3O6. The van der Waals surface area contributed by atoms with E-state index < -0.39 is 11.9 Å². The van der Waals surface area contributed by atoms with Gasteiger partial charge in [0, 0.05) is 35.3 Å². The van der Waals surface area contributed by atoms with E-state index in [1.54, 1.807) is 44.4 Å². The third kappa shape index (κ3) is 5.25. The molecule has 0 spiro atoms. The number of hydrogen-bond acceptors (Lipinski definition) is 7. The molecular weight excluding hydrogens is 426 g/mol. The van der Waals surface area contributed by atoms with E-state index in [1.807, 2.05) is 24.6 Å². The summed E-state index contributed by atoms with van der Waals surface area (Å²) >= 11 is 0. The lowest BCUT2D eigenvalue weighted by Gasteiger charge is -2.07. The second-order valence-corrected chi connectivity index (χ2v) is 7.11. The first-order valence-corrected chi connectivity index (χ1v) is 10.3. The van der Waals surface area contributed by atoms with Gasteiger partial charge in [0.25, 0.3) is 5.91 Å². The van der Waals surface area contributed by atoms with Crippen molar-refractivity contribution < 1.29 is 28.5 Å². The zero-order valence-corrected chi connectivity index (χ0v) is 19.3. The number of rotatable bonds is 9. The van der Waals surface area contributed by atoms with Gasteiger partial charge in [-0.2, -0.15) is 5.10 Å². The van der Waals surface area contributed by atoms with Gasteiger partial charge >= 0.3 is 5.97 Å². The lowest BCUT2D eigenvalue weighted by atomic mass is 10.1. The first kappa shape index (κ1) is 23.6. The fourth-order valence-corrected chi connectivity index (χ4v) is 3.38. The number of methoxy groups -OCH3 is 2. The van der Waals surface area contributed by atoms with Crippen LogP contribution in [0.15, 0.2) is 41.5 Å². The maximum absolute atomic E-state index is 12.4. The number of esters is 1. The number of fused-ring (bicyclic) bond motifs is 1. The topological polar surface area (TPSA) is 100 Å². The number of carbonyl (C=O) groups excluding carboxylic acids is 2. The summed E-state index contributed by atoms with van der Waals surface area (Å²) in [5, 5.41) is 4.66. The van der Waals surface area contributed by atoms with Crippen molar-refractivity contribution in [1.82, 2.24) is 9.99 Å². The molecule has 0 aliphatic heterocycles. The van der Waals surface area contributed by atoms with Gasteiger partial charge in [0.1, 0.15) is 17.2 Å². The van der Waals surface area contributed by atoms with Crippen molar-refractivity contribution in [3.8, 4) is 17.2 Å². The van der Waals surface area contributed by atoms with Crippen LogP contribution in [-0.4, -0.2) is 50.1 Å². The van der Waals surface area contributed by atoms with Crippen molar-refractivity contribution in [2.45, 2.75) is 13.8 Å². The number of nitrogens with zero attached hydrogens (tertiary/aromatic N) is 2. The van der Waals surface area contributed by atoms with Gasteiger partial charge in [0.05, 0.1) is 32.6 Å². The van der Waals surface area contributed by atoms with Gasteiger partial charge in [-0.25, -0.2) is 10.2 Å². The number of amides is 1. The van der Waals surface area contributed by atoms with Crippen LogP contribution < -0.4 is 19.6 Å². The van der Waals surface area contributed by atoms with Crippen LogP contribution >= 0.6 is 0 Å². The molecule has 0 bridgehead atoms. The quantitative estimate of drug-likeness (QED) is 0.303. The maximum atomic E-state index is 12.4. The zero-order chi connectivity index (χ0) is 24.0. The largest absolute Gasteiger partial charge is 0.497 e. The summed E-state index contributed by atoms with van der Waals surface area (Å²) in [5.41, 5.74) is 5.24. The van der Waals surface area contributed by atoms with Gasteiger partial charge in [-0.05, 0) is 44.2 Å². The Hall–Kier alpha value is -4.01. The van der Waals surface area contributed by atoms with E-state index in [0.717, 1.165) is 11.2 Å². The molecule has 0 aliphatic carbocycles. The Morgan fingerprint density at radius 2 is 1.85 bits per heavy atom. The van der Waals surface area contributed by atoms with E-state index >= 15 is 0 Å². The van der Waals surface area contributed by atoms with E-state index in [1.165, 1.54) is 13.3 Å². The molecule has 0 radical (unpaired) electrons. The van der Waals surface area contributed by atoms with Crippen molar-refractivity contribution in [3.05, 3.63) is 53.2 Å². The lowest BCUT2D eigenvalue weighted by Crippen LogP contribution is -2.24. The molecule has 1 aromatic heterocycles. The van der Waals surface area contributed by atoms with Crippen LogP contribution in [-0.2, 0) is 16.6 Å². The fraction of sp³-hybridized carbons (Fsp3) is 0.292. The average molecular weight is 453 g/mol. The summed E-state index contributed by atoms with van der Waals surface area (Å²) in [7, 11) is 4.98. The summed E-state index contributed by atoms with van der Waals surface area (Å²) in [4.78, 5) is 24.6. The average Bonchev–Trinajstić information content (AvgIpc) is 3.07. The molecule has 1 heterocycles. The summed E-state index contributed by atoms with van der Waals surface area (Å²) in [6.07, 6.45) is 1.47. The van der Waals surface area contributed by atoms with Crippen molar-refractivity contribution in [2.75, 3.05) is 27.4 Å². The van der Waals surface area contributed by atoms with E-state index in [2.05, 4.69) is 10.5 Å². The third-order valence-corrected chi connectivity index (χ3v) is 5.15. The number of aromatic nitrogens is 1. The van der Waals surface area contributed by atoms with Crippen LogP contribution in [0, 0.1) is 6.92 Å². The van der Waals surface area contributed by atoms with Crippen molar-refractivity contribution in [1.29, 1.82) is 0 Å². The molecule has 0 unspecified atom stereocenters. The second-order valence-electron chi connectivity index (χ2n) is 7.11. The predicted octanol–water partition coefficient (Wildman–Crippen LogP) is 3.21. The Morgan fingerprint density at radius 3 is 2.55 bits per heavy atom. The monoisotopic (exact) mass is 453 g/mol. The Kier molecular flexibility index (Phi) is 7.55. The summed E-state index contributed by atoms with van der Waals surface area (Å²) < 4.78 is 23.2. The van der Waals surface area contributed by atoms with E-state index in [4.69, 9.17) is 18.9 Å². The molecule has 0 aliphatic rings. The number of nitrogens with one attached hydrogen (secondary N) is 1. The van der Waals surface area contributed by atoms with Gasteiger partial charge in [0.15, 0.2) is 6.61 Å². The smallest absolute Gasteiger partial charge is 0.340 e. The van der Waals surface area contributed by atoms with Gasteiger partial charge < -0.3 is 23.5 Å². The molecule has 0 atom stereocenters. The van der Waals surface area contributed by atoms with Crippen molar-refractivity contribution >= 4 is 29.0 Å². The number of ether oxygens (including phenoxy) is 4. The third-order valence-electron chi connectivity index (χ3n) is 5.15. The molecule has 1 amide bonds. The molecule has 9 heteroatoms. The Morgan fingerprint density at radius 1 is 1.09 bits per heavy atom. The number of carbonyl (C=O) groups is 2. The van der Waals surface area contributed by atoms with Gasteiger partial charge in [0.2, 0.25) is 0 Å². The molecule has 0 saturated carbocycles. The molecule has 0 saturated heterocycles. The highest BCUT2D eigenvalue weighted by Crippen LogP contribution is 2.29. The number of benzene rings is 2. The van der Waals surface area contributed by atoms with Crippen LogP contribution in [0.4, 0.5) is 0 Å². The summed E-state index contributed by atoms with van der Waals surface area (Å²) in [6, 6.07) is 10.6. The standard InChI is InChI=1S/C24H27N3O6/c1-6-32-24(29)23-15(2)27(3)20-10-9-18(11-19(20)23)33-14-22(28)26-25-13-16-7-8-17(30-4)12-21(16)31-5/h7-13H,6,14H2,1-5H3,(H,26,28). The minimum absolute atomic E-state index is 0.247. The normalized spacial score (nSPS) is 10.9. The van der Waals surface area contributed by atoms with Gasteiger partial charge in [-0.1, -0.05) is 0 Å². The van der Waals surface area contributed by atoms with Crippen LogP contribution in [0.25, 0.3) is 10.9 Å². The highest BCUT2D eigenvalue weighted by Gasteiger charge is 2.20. The molecule has 3 aromatic rings. The Labute approximate surface area is 191 Å². The molecule has 1 N–H and O–H groups in total. The molecule has 174 valence electrons. The van der Waals surface area contributed by atoms with Gasteiger partial charge in [-0.3, -0.25) is 4.79 Å². The Bertz CT molecular complexity index is 1200. The van der Waals surface area contributed by atoms with E-state index in [0.29, 0.717) is 33.8 Å². The number of hydrogen-bond donors (Lipinski definition) is 1. The molecule has 9 nitrogen and oxygen atoms in total. The minimum Gasteiger partial charge on any atom is -0.497 e. The van der Waals surface area contributed by atoms with Crippen molar-refractivity contribution in [2.24, 2.45) is 12.1 Å². The zero-order valence-electron chi connectivity index (χ0n) is 19.3. The van der Waals surface area contributed by atoms with Crippen LogP contribution in [0.1, 0.15) is 28.5 Å². The van der Waals surface area contributed by atoms with Gasteiger partial charge in [-0.15, -0.1) is 0 Å². The van der Waals surface area contributed by atoms with E-state index in [-0.39, 0.29) is 13.2 Å². The summed E-state index contributed by atoms with van der Waals surface area (Å²) in [6.45, 7) is 3.66. The lowest BCUT2D eigenvalue weighted by molar-refractivity contribution is -0.123. The van der Waals surface area contributed by atoms with Crippen LogP contribution in [0.3, 0.4) is 0 Å². The minimum atomic E-state index is -0.436. The van der Waals surface area contributed by atoms with Crippen LogP contribution in [0.5, 0.6) is 17.2 Å². The van der Waals surface area contributed by atoms with Crippen LogP contribution in [0.2, 0.25) is 0 Å². The van der Waals surface area contributed by atoms with Crippen molar-refractivity contribution in [3.63, 3.8) is 0 Å². The first-order chi connectivity index (χ1) is 15.9. The number of aryl methyl sites for hydroxylation is 1. The highest BCUT2D eigenvalue weighted by atomic mass is 16.5. The molecule has 3 rings (SSSR count).